The molecule has 0 amide bonds. The van der Waals surface area contributed by atoms with Crippen molar-refractivity contribution in [1.82, 2.24) is 9.97 Å². The van der Waals surface area contributed by atoms with Crippen LogP contribution in [-0.4, -0.2) is 52.9 Å². The third-order valence-electron chi connectivity index (χ3n) is 5.24. The standard InChI is InChI=1S/C21H21N3O4S3/c1-29-18-8-13(7-17(18)25)24-21-16(10-22-12-23-21)20(26)19-9-15(11-30-19)31(27,28)14-5-3-2-4-6-14/h2-6,9-13,17-18,25H,7-8H2,1H3,(H,22,23,24)/t13-,17+,18-/m1/s1. The first-order valence-corrected chi connectivity index (χ1v) is 13.3. The van der Waals surface area contributed by atoms with Crippen LogP contribution in [0, 0.1) is 0 Å². The Morgan fingerprint density at radius 2 is 2.00 bits per heavy atom. The maximum absolute atomic E-state index is 13.1. The first-order valence-electron chi connectivity index (χ1n) is 9.61. The molecular weight excluding hydrogens is 454 g/mol. The minimum atomic E-state index is -3.70. The van der Waals surface area contributed by atoms with Crippen LogP contribution in [0.5, 0.6) is 0 Å². The highest BCUT2D eigenvalue weighted by atomic mass is 32.2. The lowest BCUT2D eigenvalue weighted by Gasteiger charge is -2.15. The Morgan fingerprint density at radius 3 is 2.71 bits per heavy atom. The van der Waals surface area contributed by atoms with Crippen molar-refractivity contribution in [3.63, 3.8) is 0 Å². The number of nitrogens with one attached hydrogen (secondary N) is 1. The van der Waals surface area contributed by atoms with Gasteiger partial charge in [0.1, 0.15) is 12.1 Å². The fourth-order valence-electron chi connectivity index (χ4n) is 3.60. The summed E-state index contributed by atoms with van der Waals surface area (Å²) < 4.78 is 25.7. The van der Waals surface area contributed by atoms with E-state index in [-0.39, 0.29) is 32.4 Å². The minimum absolute atomic E-state index is 0.00810. The van der Waals surface area contributed by atoms with Crippen molar-refractivity contribution in [3.8, 4) is 0 Å². The second-order valence-corrected chi connectivity index (χ2v) is 11.2. The van der Waals surface area contributed by atoms with E-state index in [0.29, 0.717) is 17.1 Å². The topological polar surface area (TPSA) is 109 Å². The van der Waals surface area contributed by atoms with Crippen LogP contribution in [0.25, 0.3) is 0 Å². The maximum Gasteiger partial charge on any atom is 0.208 e. The van der Waals surface area contributed by atoms with E-state index in [0.717, 1.165) is 17.8 Å². The van der Waals surface area contributed by atoms with E-state index in [1.807, 2.05) is 6.26 Å². The summed E-state index contributed by atoms with van der Waals surface area (Å²) in [7, 11) is -3.70. The van der Waals surface area contributed by atoms with Gasteiger partial charge in [-0.15, -0.1) is 11.3 Å². The molecule has 2 N–H and O–H groups in total. The summed E-state index contributed by atoms with van der Waals surface area (Å²) in [4.78, 5) is 21.9. The van der Waals surface area contributed by atoms with E-state index in [4.69, 9.17) is 0 Å². The van der Waals surface area contributed by atoms with Gasteiger partial charge in [0.25, 0.3) is 0 Å². The number of aliphatic hydroxyl groups is 1. The van der Waals surface area contributed by atoms with Crippen LogP contribution >= 0.6 is 23.1 Å². The van der Waals surface area contributed by atoms with Crippen molar-refractivity contribution >= 4 is 44.5 Å². The minimum Gasteiger partial charge on any atom is -0.392 e. The largest absolute Gasteiger partial charge is 0.392 e. The molecule has 162 valence electrons. The first kappa shape index (κ1) is 21.9. The predicted octanol–water partition coefficient (Wildman–Crippen LogP) is 3.27. The van der Waals surface area contributed by atoms with E-state index >= 15 is 0 Å². The molecule has 0 aliphatic heterocycles. The van der Waals surface area contributed by atoms with Gasteiger partial charge in [0.05, 0.1) is 26.3 Å². The van der Waals surface area contributed by atoms with Crippen LogP contribution in [0.2, 0.25) is 0 Å². The van der Waals surface area contributed by atoms with Gasteiger partial charge in [-0.25, -0.2) is 18.4 Å². The number of benzene rings is 1. The molecule has 7 nitrogen and oxygen atoms in total. The maximum atomic E-state index is 13.1. The molecule has 10 heteroatoms. The molecule has 0 unspecified atom stereocenters. The molecule has 1 aliphatic carbocycles. The summed E-state index contributed by atoms with van der Waals surface area (Å²) in [6.07, 6.45) is 5.68. The molecule has 4 rings (SSSR count). The molecule has 1 fully saturated rings. The number of aromatic nitrogens is 2. The lowest BCUT2D eigenvalue weighted by atomic mass is 10.1. The van der Waals surface area contributed by atoms with Crippen LogP contribution in [0.1, 0.15) is 28.1 Å². The van der Waals surface area contributed by atoms with Gasteiger partial charge >= 0.3 is 0 Å². The van der Waals surface area contributed by atoms with Crippen molar-refractivity contribution in [2.24, 2.45) is 0 Å². The van der Waals surface area contributed by atoms with Crippen molar-refractivity contribution in [1.29, 1.82) is 0 Å². The van der Waals surface area contributed by atoms with Crippen molar-refractivity contribution in [3.05, 3.63) is 64.7 Å². The molecule has 0 radical (unpaired) electrons. The molecule has 3 atom stereocenters. The lowest BCUT2D eigenvalue weighted by molar-refractivity contribution is 0.104. The van der Waals surface area contributed by atoms with E-state index in [2.05, 4.69) is 15.3 Å². The second-order valence-electron chi connectivity index (χ2n) is 7.23. The quantitative estimate of drug-likeness (QED) is 0.501. The summed E-state index contributed by atoms with van der Waals surface area (Å²) in [5.41, 5.74) is 0.273. The van der Waals surface area contributed by atoms with Crippen molar-refractivity contribution in [2.75, 3.05) is 11.6 Å². The Kier molecular flexibility index (Phi) is 6.42. The van der Waals surface area contributed by atoms with Crippen LogP contribution in [0.3, 0.4) is 0 Å². The van der Waals surface area contributed by atoms with Gasteiger partial charge in [0.2, 0.25) is 15.6 Å². The first-order chi connectivity index (χ1) is 14.9. The molecule has 31 heavy (non-hydrogen) atoms. The summed E-state index contributed by atoms with van der Waals surface area (Å²) in [5.74, 6) is 0.0439. The summed E-state index contributed by atoms with van der Waals surface area (Å²) in [6.45, 7) is 0. The van der Waals surface area contributed by atoms with Gasteiger partial charge in [0.15, 0.2) is 0 Å². The van der Waals surface area contributed by atoms with Crippen LogP contribution in [0.15, 0.2) is 64.1 Å². The van der Waals surface area contributed by atoms with Gasteiger partial charge in [-0.1, -0.05) is 18.2 Å². The Labute approximate surface area is 188 Å². The molecule has 0 bridgehead atoms. The van der Waals surface area contributed by atoms with Gasteiger partial charge in [-0.05, 0) is 37.3 Å². The van der Waals surface area contributed by atoms with Crippen LogP contribution < -0.4 is 5.32 Å². The molecule has 2 aromatic heterocycles. The average molecular weight is 476 g/mol. The number of rotatable bonds is 7. The Bertz CT molecular complexity index is 1180. The summed E-state index contributed by atoms with van der Waals surface area (Å²) in [6, 6.07) is 9.51. The average Bonchev–Trinajstić information content (AvgIpc) is 3.41. The van der Waals surface area contributed by atoms with E-state index in [1.165, 1.54) is 36.1 Å². The molecule has 1 aliphatic rings. The summed E-state index contributed by atoms with van der Waals surface area (Å²) in [5, 5.41) is 15.0. The van der Waals surface area contributed by atoms with E-state index < -0.39 is 15.9 Å². The SMILES string of the molecule is CS[C@@H]1C[C@H](Nc2ncncc2C(=O)c2cc(S(=O)(=O)c3ccccc3)cs2)C[C@@H]1O. The van der Waals surface area contributed by atoms with E-state index in [9.17, 15) is 18.3 Å². The lowest BCUT2D eigenvalue weighted by Crippen LogP contribution is -2.20. The number of carbonyl (C=O) groups excluding carboxylic acids is 1. The monoisotopic (exact) mass is 475 g/mol. The van der Waals surface area contributed by atoms with Gasteiger partial charge in [-0.3, -0.25) is 4.79 Å². The molecule has 0 spiro atoms. The molecular formula is C21H21N3O4S3. The van der Waals surface area contributed by atoms with Crippen LogP contribution in [-0.2, 0) is 9.84 Å². The number of nitrogens with zero attached hydrogens (tertiary/aromatic N) is 2. The Balaban J connectivity index is 1.58. The fourth-order valence-corrected chi connectivity index (χ4v) is 6.96. The predicted molar refractivity (Wildman–Crippen MR) is 122 cm³/mol. The Hall–Kier alpha value is -2.27. The zero-order valence-corrected chi connectivity index (χ0v) is 19.1. The molecule has 0 saturated heterocycles. The zero-order chi connectivity index (χ0) is 22.0. The van der Waals surface area contributed by atoms with Crippen molar-refractivity contribution in [2.45, 2.75) is 40.0 Å². The summed E-state index contributed by atoms with van der Waals surface area (Å²) >= 11 is 2.69. The zero-order valence-electron chi connectivity index (χ0n) is 16.6. The molecule has 2 heterocycles. The number of ketones is 1. The second kappa shape index (κ2) is 9.07. The normalized spacial score (nSPS) is 21.2. The number of hydrogen-bond donors (Lipinski definition) is 2. The fraction of sp³-hybridized carbons (Fsp3) is 0.286. The highest BCUT2D eigenvalue weighted by molar-refractivity contribution is 7.99. The third kappa shape index (κ3) is 4.52. The number of carbonyl (C=O) groups is 1. The third-order valence-corrected chi connectivity index (χ3v) is 9.17. The number of anilines is 1. The molecule has 3 aromatic rings. The van der Waals surface area contributed by atoms with Gasteiger partial charge < -0.3 is 10.4 Å². The number of thiophene rings is 1. The molecule has 1 saturated carbocycles. The molecule has 1 aromatic carbocycles. The number of thioether (sulfide) groups is 1. The Morgan fingerprint density at radius 1 is 1.23 bits per heavy atom. The number of sulfone groups is 1. The smallest absolute Gasteiger partial charge is 0.208 e. The van der Waals surface area contributed by atoms with Gasteiger partial charge in [-0.2, -0.15) is 11.8 Å². The highest BCUT2D eigenvalue weighted by Crippen LogP contribution is 2.32. The van der Waals surface area contributed by atoms with E-state index in [1.54, 1.807) is 30.0 Å². The van der Waals surface area contributed by atoms with Crippen LogP contribution in [0.4, 0.5) is 5.82 Å². The van der Waals surface area contributed by atoms with Crippen molar-refractivity contribution < 1.29 is 18.3 Å². The van der Waals surface area contributed by atoms with Gasteiger partial charge in [0, 0.05) is 22.9 Å². The highest BCUT2D eigenvalue weighted by Gasteiger charge is 2.33. The number of hydrogen-bond acceptors (Lipinski definition) is 9. The number of aliphatic hydroxyl groups excluding tert-OH is 1.